The second kappa shape index (κ2) is 5.42. The fourth-order valence-corrected chi connectivity index (χ4v) is 2.37. The molecular weight excluding hydrogens is 292 g/mol. The van der Waals surface area contributed by atoms with E-state index in [2.05, 4.69) is 20.3 Å². The lowest BCUT2D eigenvalue weighted by Crippen LogP contribution is -1.99. The number of ether oxygens (including phenoxy) is 1. The predicted molar refractivity (Wildman–Crippen MR) is 86.1 cm³/mol. The molecule has 112 valence electrons. The summed E-state index contributed by atoms with van der Waals surface area (Å²) in [4.78, 5) is 23.4. The molecular formula is C17H12N4O2. The third kappa shape index (κ3) is 2.57. The minimum atomic E-state index is -0.186. The number of hydrogen-bond donors (Lipinski definition) is 2. The summed E-state index contributed by atoms with van der Waals surface area (Å²) in [6, 6.07) is 7.43. The third-order valence-electron chi connectivity index (χ3n) is 3.42. The van der Waals surface area contributed by atoms with E-state index in [0.717, 1.165) is 22.3 Å². The largest absolute Gasteiger partial charge is 0.437 e. The number of rotatable bonds is 3. The Morgan fingerprint density at radius 2 is 2.13 bits per heavy atom. The van der Waals surface area contributed by atoms with Gasteiger partial charge in [0, 0.05) is 29.5 Å². The number of pyridine rings is 2. The Labute approximate surface area is 131 Å². The molecule has 0 amide bonds. The molecule has 0 atom stereocenters. The Morgan fingerprint density at radius 3 is 3.00 bits per heavy atom. The van der Waals surface area contributed by atoms with Crippen LogP contribution >= 0.6 is 0 Å². The van der Waals surface area contributed by atoms with Crippen molar-refractivity contribution in [2.24, 2.45) is 0 Å². The van der Waals surface area contributed by atoms with Crippen LogP contribution in [0.3, 0.4) is 0 Å². The number of fused-ring (bicyclic) bond motifs is 1. The van der Waals surface area contributed by atoms with Gasteiger partial charge in [-0.05, 0) is 30.3 Å². The van der Waals surface area contributed by atoms with Gasteiger partial charge in [0.15, 0.2) is 5.76 Å². The number of allylic oxidation sites excluding steroid dienone is 1. The highest BCUT2D eigenvalue weighted by Crippen LogP contribution is 2.24. The maximum Gasteiger partial charge on any atom is 0.226 e. The number of aromatic nitrogens is 3. The summed E-state index contributed by atoms with van der Waals surface area (Å²) in [5.74, 6) is 0.461. The second-order valence-electron chi connectivity index (χ2n) is 4.99. The maximum atomic E-state index is 12.1. The molecule has 23 heavy (non-hydrogen) atoms. The summed E-state index contributed by atoms with van der Waals surface area (Å²) in [7, 11) is 0. The van der Waals surface area contributed by atoms with Crippen molar-refractivity contribution < 1.29 is 9.53 Å². The molecule has 0 aromatic carbocycles. The minimum Gasteiger partial charge on any atom is -0.437 e. The smallest absolute Gasteiger partial charge is 0.226 e. The minimum absolute atomic E-state index is 0.186. The summed E-state index contributed by atoms with van der Waals surface area (Å²) in [5.41, 5.74) is 2.38. The quantitative estimate of drug-likeness (QED) is 0.727. The molecule has 0 saturated carbocycles. The molecule has 1 aliphatic heterocycles. The molecule has 3 aromatic heterocycles. The lowest BCUT2D eigenvalue weighted by Gasteiger charge is -2.06. The highest BCUT2D eigenvalue weighted by molar-refractivity contribution is 6.09. The summed E-state index contributed by atoms with van der Waals surface area (Å²) in [6.07, 6.45) is 9.97. The monoisotopic (exact) mass is 304 g/mol. The van der Waals surface area contributed by atoms with Gasteiger partial charge in [0.2, 0.25) is 11.7 Å². The van der Waals surface area contributed by atoms with Crippen molar-refractivity contribution in [3.8, 4) is 0 Å². The van der Waals surface area contributed by atoms with Gasteiger partial charge >= 0.3 is 0 Å². The molecule has 0 saturated heterocycles. The van der Waals surface area contributed by atoms with Gasteiger partial charge in [0.1, 0.15) is 5.65 Å². The van der Waals surface area contributed by atoms with Crippen molar-refractivity contribution in [2.45, 2.75) is 0 Å². The van der Waals surface area contributed by atoms with E-state index in [1.165, 1.54) is 6.08 Å². The first-order valence-corrected chi connectivity index (χ1v) is 7.04. The SMILES string of the molecule is O=C1C=C(Nc2cccnc2)OC1=Cc1c[nH]c2ncccc12. The van der Waals surface area contributed by atoms with E-state index in [0.29, 0.717) is 5.88 Å². The van der Waals surface area contributed by atoms with Gasteiger partial charge in [0.25, 0.3) is 0 Å². The van der Waals surface area contributed by atoms with Crippen LogP contribution in [0.25, 0.3) is 17.1 Å². The first kappa shape index (κ1) is 13.3. The number of anilines is 1. The van der Waals surface area contributed by atoms with E-state index in [1.807, 2.05) is 18.2 Å². The Bertz CT molecular complexity index is 941. The van der Waals surface area contributed by atoms with Crippen LogP contribution in [-0.2, 0) is 9.53 Å². The Kier molecular flexibility index (Phi) is 3.12. The van der Waals surface area contributed by atoms with E-state index in [1.54, 1.807) is 36.9 Å². The summed E-state index contributed by atoms with van der Waals surface area (Å²) >= 11 is 0. The molecule has 0 unspecified atom stereocenters. The molecule has 6 nitrogen and oxygen atoms in total. The number of hydrogen-bond acceptors (Lipinski definition) is 5. The van der Waals surface area contributed by atoms with E-state index >= 15 is 0 Å². The molecule has 0 aliphatic carbocycles. The van der Waals surface area contributed by atoms with Gasteiger partial charge in [-0.3, -0.25) is 9.78 Å². The predicted octanol–water partition coefficient (Wildman–Crippen LogP) is 2.85. The van der Waals surface area contributed by atoms with Gasteiger partial charge in [-0.25, -0.2) is 4.98 Å². The molecule has 4 rings (SSSR count). The average molecular weight is 304 g/mol. The Morgan fingerprint density at radius 1 is 1.22 bits per heavy atom. The topological polar surface area (TPSA) is 79.9 Å². The zero-order valence-electron chi connectivity index (χ0n) is 12.0. The number of nitrogens with one attached hydrogen (secondary N) is 2. The number of nitrogens with zero attached hydrogens (tertiary/aromatic N) is 2. The van der Waals surface area contributed by atoms with Crippen LogP contribution in [-0.4, -0.2) is 20.7 Å². The second-order valence-corrected chi connectivity index (χ2v) is 4.99. The highest BCUT2D eigenvalue weighted by Gasteiger charge is 2.21. The zero-order chi connectivity index (χ0) is 15.6. The van der Waals surface area contributed by atoms with Crippen LogP contribution in [0.5, 0.6) is 0 Å². The van der Waals surface area contributed by atoms with Crippen LogP contribution in [0.2, 0.25) is 0 Å². The van der Waals surface area contributed by atoms with E-state index < -0.39 is 0 Å². The van der Waals surface area contributed by atoms with Crippen LogP contribution in [0.4, 0.5) is 5.69 Å². The van der Waals surface area contributed by atoms with E-state index in [4.69, 9.17) is 4.74 Å². The lowest BCUT2D eigenvalue weighted by molar-refractivity contribution is -0.112. The molecule has 0 spiro atoms. The Hall–Kier alpha value is -3.41. The molecule has 0 fully saturated rings. The Balaban J connectivity index is 1.58. The van der Waals surface area contributed by atoms with Crippen molar-refractivity contribution in [2.75, 3.05) is 5.32 Å². The van der Waals surface area contributed by atoms with Crippen molar-refractivity contribution in [1.29, 1.82) is 0 Å². The van der Waals surface area contributed by atoms with E-state index in [-0.39, 0.29) is 11.5 Å². The molecule has 6 heteroatoms. The molecule has 1 aliphatic rings. The number of carbonyl (C=O) groups excluding carboxylic acids is 1. The number of aromatic amines is 1. The number of H-pyrrole nitrogens is 1. The lowest BCUT2D eigenvalue weighted by atomic mass is 10.2. The first-order valence-electron chi connectivity index (χ1n) is 7.04. The number of ketones is 1. The maximum absolute atomic E-state index is 12.1. The van der Waals surface area contributed by atoms with Crippen LogP contribution < -0.4 is 5.32 Å². The van der Waals surface area contributed by atoms with Crippen molar-refractivity contribution in [1.82, 2.24) is 15.0 Å². The molecule has 0 bridgehead atoms. The normalized spacial score (nSPS) is 15.7. The number of carbonyl (C=O) groups is 1. The van der Waals surface area contributed by atoms with Gasteiger partial charge in [-0.15, -0.1) is 0 Å². The van der Waals surface area contributed by atoms with Gasteiger partial charge in [-0.2, -0.15) is 0 Å². The zero-order valence-corrected chi connectivity index (χ0v) is 12.0. The van der Waals surface area contributed by atoms with Gasteiger partial charge in [-0.1, -0.05) is 0 Å². The van der Waals surface area contributed by atoms with Gasteiger partial charge in [0.05, 0.1) is 18.0 Å². The molecule has 3 aromatic rings. The average Bonchev–Trinajstić information content (AvgIpc) is 3.13. The fraction of sp³-hybridized carbons (Fsp3) is 0. The first-order chi connectivity index (χ1) is 11.3. The van der Waals surface area contributed by atoms with Crippen LogP contribution in [0.15, 0.2) is 66.8 Å². The summed E-state index contributed by atoms with van der Waals surface area (Å²) < 4.78 is 5.60. The summed E-state index contributed by atoms with van der Waals surface area (Å²) in [6.45, 7) is 0. The van der Waals surface area contributed by atoms with Crippen LogP contribution in [0.1, 0.15) is 5.56 Å². The van der Waals surface area contributed by atoms with Crippen molar-refractivity contribution >= 4 is 28.6 Å². The standard InChI is InChI=1S/C17H12N4O2/c22-14-8-16(21-12-3-1-5-18-10-12)23-15(14)7-11-9-20-17-13(11)4-2-6-19-17/h1-10,21H,(H,19,20). The fourth-order valence-electron chi connectivity index (χ4n) is 2.37. The van der Waals surface area contributed by atoms with Gasteiger partial charge < -0.3 is 15.0 Å². The highest BCUT2D eigenvalue weighted by atomic mass is 16.5. The summed E-state index contributed by atoms with van der Waals surface area (Å²) in [5, 5.41) is 3.95. The van der Waals surface area contributed by atoms with Crippen molar-refractivity contribution in [3.05, 3.63) is 72.3 Å². The molecule has 2 N–H and O–H groups in total. The third-order valence-corrected chi connectivity index (χ3v) is 3.42. The molecule has 4 heterocycles. The van der Waals surface area contributed by atoms with Crippen LogP contribution in [0, 0.1) is 0 Å². The molecule has 0 radical (unpaired) electrons. The van der Waals surface area contributed by atoms with E-state index in [9.17, 15) is 4.79 Å². The van der Waals surface area contributed by atoms with Crippen molar-refractivity contribution in [3.63, 3.8) is 0 Å².